The predicted octanol–water partition coefficient (Wildman–Crippen LogP) is 5.12. The lowest BCUT2D eigenvalue weighted by atomic mass is 10.1. The second kappa shape index (κ2) is 7.76. The summed E-state index contributed by atoms with van der Waals surface area (Å²) < 4.78 is 6.24. The van der Waals surface area contributed by atoms with Crippen molar-refractivity contribution in [3.63, 3.8) is 0 Å². The first-order valence-corrected chi connectivity index (χ1v) is 10.6. The number of amides is 2. The summed E-state index contributed by atoms with van der Waals surface area (Å²) in [4.78, 5) is 31.9. The third kappa shape index (κ3) is 3.48. The smallest absolute Gasteiger partial charge is 0.291 e. The lowest BCUT2D eigenvalue weighted by molar-refractivity contribution is 0.0735. The second-order valence-corrected chi connectivity index (χ2v) is 8.25. The Morgan fingerprint density at radius 3 is 2.67 bits per heavy atom. The summed E-state index contributed by atoms with van der Waals surface area (Å²) in [6, 6.07) is 18.3. The Morgan fingerprint density at radius 1 is 1.07 bits per heavy atom. The summed E-state index contributed by atoms with van der Waals surface area (Å²) in [6.07, 6.45) is 3.33. The van der Waals surface area contributed by atoms with E-state index in [1.54, 1.807) is 47.7 Å². The van der Waals surface area contributed by atoms with E-state index in [1.807, 2.05) is 23.1 Å². The summed E-state index contributed by atoms with van der Waals surface area (Å²) in [7, 11) is 0. The van der Waals surface area contributed by atoms with E-state index in [0.29, 0.717) is 11.3 Å². The van der Waals surface area contributed by atoms with Gasteiger partial charge in [0.2, 0.25) is 0 Å². The van der Waals surface area contributed by atoms with Crippen LogP contribution in [0.5, 0.6) is 0 Å². The van der Waals surface area contributed by atoms with Crippen LogP contribution in [0.4, 0.5) is 5.69 Å². The van der Waals surface area contributed by atoms with Gasteiger partial charge in [0, 0.05) is 17.8 Å². The summed E-state index contributed by atoms with van der Waals surface area (Å²) in [5.41, 5.74) is 2.18. The quantitative estimate of drug-likeness (QED) is 0.500. The van der Waals surface area contributed by atoms with Gasteiger partial charge in [-0.15, -0.1) is 11.3 Å². The largest absolute Gasteiger partial charge is 0.459 e. The minimum atomic E-state index is -0.325. The molecule has 30 heavy (non-hydrogen) atoms. The zero-order valence-corrected chi connectivity index (χ0v) is 16.9. The Kier molecular flexibility index (Phi) is 4.80. The van der Waals surface area contributed by atoms with Crippen LogP contribution in [0.25, 0.3) is 10.2 Å². The second-order valence-electron chi connectivity index (χ2n) is 7.19. The fourth-order valence-electron chi connectivity index (χ4n) is 3.76. The molecular formula is C23H19N3O3S. The van der Waals surface area contributed by atoms with E-state index < -0.39 is 0 Å². The molecule has 2 amide bonds. The molecule has 1 N–H and O–H groups in total. The van der Waals surface area contributed by atoms with Gasteiger partial charge in [-0.05, 0) is 61.4 Å². The molecule has 1 fully saturated rings. The highest BCUT2D eigenvalue weighted by molar-refractivity contribution is 7.18. The van der Waals surface area contributed by atoms with Crippen molar-refractivity contribution in [2.45, 2.75) is 18.9 Å². The molecule has 1 saturated heterocycles. The number of nitrogens with zero attached hydrogens (tertiary/aromatic N) is 2. The van der Waals surface area contributed by atoms with Crippen molar-refractivity contribution in [3.05, 3.63) is 83.3 Å². The summed E-state index contributed by atoms with van der Waals surface area (Å²) >= 11 is 1.66. The van der Waals surface area contributed by atoms with Crippen LogP contribution in [0.3, 0.4) is 0 Å². The van der Waals surface area contributed by atoms with Gasteiger partial charge in [-0.1, -0.05) is 12.1 Å². The van der Waals surface area contributed by atoms with Crippen molar-refractivity contribution in [3.8, 4) is 0 Å². The fourth-order valence-corrected chi connectivity index (χ4v) is 4.88. The Bertz CT molecular complexity index is 1170. The summed E-state index contributed by atoms with van der Waals surface area (Å²) in [5.74, 6) is -0.0962. The van der Waals surface area contributed by atoms with E-state index in [2.05, 4.69) is 11.4 Å². The SMILES string of the molecule is O=C(Nc1ccc(C(=O)N2CCC[C@@H]2c2nc3ccccc3s2)cc1)c1ccco1. The molecule has 0 spiro atoms. The van der Waals surface area contributed by atoms with Crippen LogP contribution in [0.1, 0.15) is 44.8 Å². The predicted molar refractivity (Wildman–Crippen MR) is 116 cm³/mol. The van der Waals surface area contributed by atoms with Crippen LogP contribution in [0, 0.1) is 0 Å². The summed E-state index contributed by atoms with van der Waals surface area (Å²) in [6.45, 7) is 0.719. The molecule has 2 aromatic carbocycles. The molecule has 0 aliphatic carbocycles. The Morgan fingerprint density at radius 2 is 1.90 bits per heavy atom. The lowest BCUT2D eigenvalue weighted by Crippen LogP contribution is -2.30. The van der Waals surface area contributed by atoms with Crippen LogP contribution < -0.4 is 5.32 Å². The standard InChI is InChI=1S/C23H19N3O3S/c27-21(19-7-4-14-29-19)24-16-11-9-15(10-12-16)23(28)26-13-3-6-18(26)22-25-17-5-1-2-8-20(17)30-22/h1-2,4-5,7-12,14,18H,3,6,13H2,(H,24,27)/t18-/m1/s1. The maximum Gasteiger partial charge on any atom is 0.291 e. The third-order valence-corrected chi connectivity index (χ3v) is 6.38. The van der Waals surface area contributed by atoms with Gasteiger partial charge in [0.05, 0.1) is 22.5 Å². The first-order valence-electron chi connectivity index (χ1n) is 9.80. The molecule has 4 aromatic rings. The van der Waals surface area contributed by atoms with E-state index in [-0.39, 0.29) is 23.6 Å². The minimum absolute atomic E-state index is 0.00762. The van der Waals surface area contributed by atoms with Gasteiger partial charge in [0.1, 0.15) is 5.01 Å². The molecule has 1 aliphatic heterocycles. The van der Waals surface area contributed by atoms with Crippen LogP contribution in [-0.2, 0) is 0 Å². The van der Waals surface area contributed by atoms with Crippen LogP contribution in [0.15, 0.2) is 71.3 Å². The lowest BCUT2D eigenvalue weighted by Gasteiger charge is -2.23. The fraction of sp³-hybridized carbons (Fsp3) is 0.174. The van der Waals surface area contributed by atoms with Gasteiger partial charge in [-0.3, -0.25) is 9.59 Å². The van der Waals surface area contributed by atoms with Crippen molar-refractivity contribution >= 4 is 39.1 Å². The molecule has 0 saturated carbocycles. The average Bonchev–Trinajstić information content (AvgIpc) is 3.53. The topological polar surface area (TPSA) is 75.4 Å². The van der Waals surface area contributed by atoms with E-state index in [1.165, 1.54) is 6.26 Å². The summed E-state index contributed by atoms with van der Waals surface area (Å²) in [5, 5.41) is 3.75. The Balaban J connectivity index is 1.32. The maximum absolute atomic E-state index is 13.2. The molecule has 5 rings (SSSR count). The molecule has 2 aromatic heterocycles. The number of carbonyl (C=O) groups excluding carboxylic acids is 2. The van der Waals surface area contributed by atoms with Gasteiger partial charge >= 0.3 is 0 Å². The Labute approximate surface area is 177 Å². The number of rotatable bonds is 4. The monoisotopic (exact) mass is 417 g/mol. The third-order valence-electron chi connectivity index (χ3n) is 5.24. The maximum atomic E-state index is 13.2. The number of benzene rings is 2. The highest BCUT2D eigenvalue weighted by Crippen LogP contribution is 2.37. The number of carbonyl (C=O) groups is 2. The molecule has 7 heteroatoms. The molecule has 0 unspecified atom stereocenters. The van der Waals surface area contributed by atoms with Gasteiger partial charge < -0.3 is 14.6 Å². The molecule has 3 heterocycles. The molecule has 1 aliphatic rings. The van der Waals surface area contributed by atoms with Crippen LogP contribution in [0.2, 0.25) is 0 Å². The minimum Gasteiger partial charge on any atom is -0.459 e. The van der Waals surface area contributed by atoms with Crippen LogP contribution in [-0.4, -0.2) is 28.2 Å². The van der Waals surface area contributed by atoms with Crippen molar-refractivity contribution < 1.29 is 14.0 Å². The highest BCUT2D eigenvalue weighted by Gasteiger charge is 2.32. The van der Waals surface area contributed by atoms with Gasteiger partial charge in [0.15, 0.2) is 5.76 Å². The van der Waals surface area contributed by atoms with Gasteiger partial charge in [0.25, 0.3) is 11.8 Å². The van der Waals surface area contributed by atoms with Gasteiger partial charge in [-0.2, -0.15) is 0 Å². The number of hydrogen-bond acceptors (Lipinski definition) is 5. The number of fused-ring (bicyclic) bond motifs is 1. The number of anilines is 1. The first kappa shape index (κ1) is 18.6. The molecular weight excluding hydrogens is 398 g/mol. The molecule has 0 radical (unpaired) electrons. The van der Waals surface area contributed by atoms with E-state index >= 15 is 0 Å². The number of nitrogens with one attached hydrogen (secondary N) is 1. The van der Waals surface area contributed by atoms with Crippen molar-refractivity contribution in [2.75, 3.05) is 11.9 Å². The van der Waals surface area contributed by atoms with Gasteiger partial charge in [-0.25, -0.2) is 4.98 Å². The molecule has 6 nitrogen and oxygen atoms in total. The zero-order valence-electron chi connectivity index (χ0n) is 16.1. The number of thiazole rings is 1. The van der Waals surface area contributed by atoms with Crippen molar-refractivity contribution in [2.24, 2.45) is 0 Å². The normalized spacial score (nSPS) is 16.1. The molecule has 150 valence electrons. The number of hydrogen-bond donors (Lipinski definition) is 1. The molecule has 1 atom stereocenters. The van der Waals surface area contributed by atoms with Crippen LogP contribution >= 0.6 is 11.3 Å². The van der Waals surface area contributed by atoms with E-state index in [0.717, 1.165) is 34.6 Å². The Hall–Kier alpha value is -3.45. The van der Waals surface area contributed by atoms with E-state index in [9.17, 15) is 9.59 Å². The number of likely N-dealkylation sites (tertiary alicyclic amines) is 1. The van der Waals surface area contributed by atoms with E-state index in [4.69, 9.17) is 9.40 Å². The van der Waals surface area contributed by atoms with Crippen molar-refractivity contribution in [1.82, 2.24) is 9.88 Å². The van der Waals surface area contributed by atoms with Crippen molar-refractivity contribution in [1.29, 1.82) is 0 Å². The molecule has 0 bridgehead atoms. The first-order chi connectivity index (χ1) is 14.7. The number of aromatic nitrogens is 1. The average molecular weight is 417 g/mol. The number of furan rings is 1. The highest BCUT2D eigenvalue weighted by atomic mass is 32.1. The number of para-hydroxylation sites is 1. The zero-order chi connectivity index (χ0) is 20.5.